The van der Waals surface area contributed by atoms with Crippen molar-refractivity contribution in [2.24, 2.45) is 0 Å². The molecule has 6 heteroatoms. The molecule has 0 radical (unpaired) electrons. The number of halogens is 1. The van der Waals surface area contributed by atoms with Crippen molar-refractivity contribution in [2.75, 3.05) is 5.84 Å². The molecule has 114 valence electrons. The van der Waals surface area contributed by atoms with Gasteiger partial charge >= 0.3 is 0 Å². The van der Waals surface area contributed by atoms with E-state index in [9.17, 15) is 0 Å². The van der Waals surface area contributed by atoms with E-state index in [-0.39, 0.29) is 6.10 Å². The molecule has 3 rings (SSSR count). The highest BCUT2D eigenvalue weighted by Gasteiger charge is 2.25. The molecule has 22 heavy (non-hydrogen) atoms. The van der Waals surface area contributed by atoms with Gasteiger partial charge in [-0.1, -0.05) is 11.6 Å². The summed E-state index contributed by atoms with van der Waals surface area (Å²) in [6.45, 7) is 0. The number of nitrogen functional groups attached to an aromatic ring is 1. The van der Waals surface area contributed by atoms with Crippen LogP contribution in [0.2, 0.25) is 5.02 Å². The molecular formula is C16H17ClN4O. The van der Waals surface area contributed by atoms with Crippen LogP contribution in [0, 0.1) is 11.3 Å². The molecule has 0 amide bonds. The van der Waals surface area contributed by atoms with Crippen molar-refractivity contribution in [3.8, 4) is 11.8 Å². The zero-order valence-electron chi connectivity index (χ0n) is 12.1. The number of benzene rings is 1. The number of ether oxygens (including phenoxy) is 1. The quantitative estimate of drug-likeness (QED) is 0.882. The van der Waals surface area contributed by atoms with E-state index in [1.807, 2.05) is 12.1 Å². The molecule has 0 saturated heterocycles. The highest BCUT2D eigenvalue weighted by molar-refractivity contribution is 6.31. The van der Waals surface area contributed by atoms with Crippen LogP contribution in [0.5, 0.6) is 5.75 Å². The van der Waals surface area contributed by atoms with Crippen LogP contribution in [-0.4, -0.2) is 16.0 Å². The van der Waals surface area contributed by atoms with Gasteiger partial charge in [-0.05, 0) is 43.9 Å². The second-order valence-corrected chi connectivity index (χ2v) is 5.97. The summed E-state index contributed by atoms with van der Waals surface area (Å²) in [5.41, 5.74) is 1.53. The Hall–Kier alpha value is -2.19. The number of rotatable bonds is 3. The maximum atomic E-state index is 8.88. The minimum absolute atomic E-state index is 0.181. The summed E-state index contributed by atoms with van der Waals surface area (Å²) in [5, 5.41) is 13.6. The highest BCUT2D eigenvalue weighted by Crippen LogP contribution is 2.34. The van der Waals surface area contributed by atoms with Gasteiger partial charge in [-0.15, -0.1) is 0 Å². The van der Waals surface area contributed by atoms with E-state index in [2.05, 4.69) is 5.10 Å². The minimum atomic E-state index is 0.181. The van der Waals surface area contributed by atoms with Gasteiger partial charge in [-0.25, -0.2) is 0 Å². The van der Waals surface area contributed by atoms with Crippen LogP contribution in [0.25, 0.3) is 0 Å². The van der Waals surface area contributed by atoms with Gasteiger partial charge in [0.15, 0.2) is 0 Å². The van der Waals surface area contributed by atoms with E-state index in [0.717, 1.165) is 37.1 Å². The number of nitrogens with zero attached hydrogens (tertiary/aromatic N) is 3. The van der Waals surface area contributed by atoms with Gasteiger partial charge in [0.25, 0.3) is 0 Å². The molecule has 0 spiro atoms. The van der Waals surface area contributed by atoms with E-state index < -0.39 is 0 Å². The number of hydrogen-bond donors (Lipinski definition) is 1. The van der Waals surface area contributed by atoms with Gasteiger partial charge in [0.05, 0.1) is 22.4 Å². The van der Waals surface area contributed by atoms with E-state index in [4.69, 9.17) is 27.4 Å². The monoisotopic (exact) mass is 316 g/mol. The average Bonchev–Trinajstić information content (AvgIpc) is 2.95. The van der Waals surface area contributed by atoms with Gasteiger partial charge in [-0.2, -0.15) is 15.2 Å². The van der Waals surface area contributed by atoms with Crippen LogP contribution in [0.3, 0.4) is 0 Å². The Morgan fingerprint density at radius 1 is 1.27 bits per heavy atom. The zero-order chi connectivity index (χ0) is 15.5. The average molecular weight is 317 g/mol. The zero-order valence-corrected chi connectivity index (χ0v) is 12.8. The summed E-state index contributed by atoms with van der Waals surface area (Å²) in [4.78, 5) is 1.36. The largest absolute Gasteiger partial charge is 0.490 e. The van der Waals surface area contributed by atoms with Crippen molar-refractivity contribution in [3.63, 3.8) is 0 Å². The molecule has 2 N–H and O–H groups in total. The maximum absolute atomic E-state index is 8.88. The molecule has 1 heterocycles. The number of hydrogen-bond acceptors (Lipinski definition) is 4. The molecular weight excluding hydrogens is 300 g/mol. The molecule has 1 aromatic heterocycles. The lowest BCUT2D eigenvalue weighted by atomic mass is 9.85. The molecule has 1 fully saturated rings. The summed E-state index contributed by atoms with van der Waals surface area (Å²) in [6, 6.07) is 9.22. The Bertz CT molecular complexity index is 698. The van der Waals surface area contributed by atoms with E-state index in [1.54, 1.807) is 24.4 Å². The van der Waals surface area contributed by atoms with Crippen LogP contribution < -0.4 is 10.6 Å². The predicted molar refractivity (Wildman–Crippen MR) is 84.2 cm³/mol. The fourth-order valence-corrected chi connectivity index (χ4v) is 3.11. The van der Waals surface area contributed by atoms with Gasteiger partial charge in [0, 0.05) is 18.2 Å². The minimum Gasteiger partial charge on any atom is -0.490 e. The SMILES string of the molecule is N#Cc1ccc(OC2CCC(c3ccn(N)n3)CC2)cc1Cl. The van der Waals surface area contributed by atoms with Crippen molar-refractivity contribution in [2.45, 2.75) is 37.7 Å². The van der Waals surface area contributed by atoms with Gasteiger partial charge < -0.3 is 10.6 Å². The van der Waals surface area contributed by atoms with Crippen molar-refractivity contribution < 1.29 is 4.74 Å². The van der Waals surface area contributed by atoms with Crippen LogP contribution in [0.4, 0.5) is 0 Å². The molecule has 0 unspecified atom stereocenters. The van der Waals surface area contributed by atoms with E-state index in [1.165, 1.54) is 4.79 Å². The summed E-state index contributed by atoms with van der Waals surface area (Å²) >= 11 is 6.03. The van der Waals surface area contributed by atoms with Gasteiger partial charge in [0.2, 0.25) is 0 Å². The first-order valence-corrected chi connectivity index (χ1v) is 7.70. The molecule has 5 nitrogen and oxygen atoms in total. The van der Waals surface area contributed by atoms with Crippen molar-refractivity contribution in [3.05, 3.63) is 46.7 Å². The fraction of sp³-hybridized carbons (Fsp3) is 0.375. The van der Waals surface area contributed by atoms with E-state index >= 15 is 0 Å². The van der Waals surface area contributed by atoms with E-state index in [0.29, 0.717) is 16.5 Å². The summed E-state index contributed by atoms with van der Waals surface area (Å²) in [6.07, 6.45) is 5.97. The Balaban J connectivity index is 1.58. The first kappa shape index (κ1) is 14.7. The molecule has 1 saturated carbocycles. The van der Waals surface area contributed by atoms with Crippen molar-refractivity contribution in [1.82, 2.24) is 9.89 Å². The molecule has 1 aromatic carbocycles. The lowest BCUT2D eigenvalue weighted by Gasteiger charge is -2.28. The van der Waals surface area contributed by atoms with Crippen LogP contribution >= 0.6 is 11.6 Å². The Morgan fingerprint density at radius 3 is 2.64 bits per heavy atom. The lowest BCUT2D eigenvalue weighted by Crippen LogP contribution is -2.23. The Kier molecular flexibility index (Phi) is 4.21. The first-order chi connectivity index (χ1) is 10.7. The highest BCUT2D eigenvalue weighted by atomic mass is 35.5. The number of nitrogens with two attached hydrogens (primary N) is 1. The second-order valence-electron chi connectivity index (χ2n) is 5.57. The molecule has 2 aromatic rings. The third-order valence-electron chi connectivity index (χ3n) is 4.09. The number of nitriles is 1. The molecule has 0 bridgehead atoms. The maximum Gasteiger partial charge on any atom is 0.121 e. The molecule has 0 aliphatic heterocycles. The molecule has 0 atom stereocenters. The normalized spacial score (nSPS) is 21.3. The summed E-state index contributed by atoms with van der Waals surface area (Å²) in [7, 11) is 0. The summed E-state index contributed by atoms with van der Waals surface area (Å²) < 4.78 is 5.98. The molecule has 1 aliphatic rings. The Labute approximate surface area is 134 Å². The first-order valence-electron chi connectivity index (χ1n) is 7.32. The fourth-order valence-electron chi connectivity index (χ4n) is 2.90. The standard InChI is InChI=1S/C16H17ClN4O/c17-15-9-14(6-3-12(15)10-18)22-13-4-1-11(2-5-13)16-7-8-21(19)20-16/h3,6-9,11,13H,1-2,4-5,19H2. The van der Waals surface area contributed by atoms with Crippen molar-refractivity contribution in [1.29, 1.82) is 5.26 Å². The Morgan fingerprint density at radius 2 is 2.05 bits per heavy atom. The predicted octanol–water partition coefficient (Wildman–Crippen LogP) is 3.23. The third kappa shape index (κ3) is 3.18. The second kappa shape index (κ2) is 6.29. The summed E-state index contributed by atoms with van der Waals surface area (Å²) in [5.74, 6) is 6.77. The topological polar surface area (TPSA) is 76.9 Å². The van der Waals surface area contributed by atoms with Crippen LogP contribution in [-0.2, 0) is 0 Å². The smallest absolute Gasteiger partial charge is 0.121 e. The third-order valence-corrected chi connectivity index (χ3v) is 4.40. The van der Waals surface area contributed by atoms with Crippen molar-refractivity contribution >= 4 is 11.6 Å². The lowest BCUT2D eigenvalue weighted by molar-refractivity contribution is 0.145. The van der Waals surface area contributed by atoms with Gasteiger partial charge in [-0.3, -0.25) is 0 Å². The number of aromatic nitrogens is 2. The molecule has 1 aliphatic carbocycles. The van der Waals surface area contributed by atoms with Crippen LogP contribution in [0.1, 0.15) is 42.9 Å². The van der Waals surface area contributed by atoms with Crippen LogP contribution in [0.15, 0.2) is 30.5 Å². The van der Waals surface area contributed by atoms with Gasteiger partial charge in [0.1, 0.15) is 11.8 Å².